The Labute approximate surface area is 83.3 Å². The van der Waals surface area contributed by atoms with Gasteiger partial charge >= 0.3 is 0 Å². The maximum atomic E-state index is 10.7. The number of carbonyl (C=O) groups is 1. The fourth-order valence-corrected chi connectivity index (χ4v) is 1.94. The molecule has 1 heterocycles. The summed E-state index contributed by atoms with van der Waals surface area (Å²) in [6, 6.07) is 2.06. The van der Waals surface area contributed by atoms with E-state index in [2.05, 4.69) is 11.1 Å². The molecule has 0 saturated carbocycles. The topological polar surface area (TPSA) is 56.0 Å². The summed E-state index contributed by atoms with van der Waals surface area (Å²) in [5.41, 5.74) is 9.01. The van der Waals surface area contributed by atoms with Crippen LogP contribution in [0, 0.1) is 12.8 Å². The smallest absolute Gasteiger partial charge is 0.126 e. The molecular formula is C11H14N2O. The summed E-state index contributed by atoms with van der Waals surface area (Å²) in [6.45, 7) is 1.95. The highest BCUT2D eigenvalue weighted by Gasteiger charge is 2.19. The first-order chi connectivity index (χ1) is 6.70. The maximum absolute atomic E-state index is 10.7. The van der Waals surface area contributed by atoms with E-state index >= 15 is 0 Å². The molecule has 0 radical (unpaired) electrons. The lowest BCUT2D eigenvalue weighted by Crippen LogP contribution is -2.17. The zero-order chi connectivity index (χ0) is 10.1. The molecule has 0 bridgehead atoms. The minimum absolute atomic E-state index is 0.173. The van der Waals surface area contributed by atoms with E-state index < -0.39 is 0 Å². The van der Waals surface area contributed by atoms with E-state index in [1.54, 1.807) is 0 Å². The van der Waals surface area contributed by atoms with E-state index in [-0.39, 0.29) is 5.92 Å². The molecule has 1 aliphatic rings. The van der Waals surface area contributed by atoms with Crippen molar-refractivity contribution >= 4 is 12.1 Å². The van der Waals surface area contributed by atoms with Crippen LogP contribution in [0.15, 0.2) is 6.07 Å². The quantitative estimate of drug-likeness (QED) is 0.678. The van der Waals surface area contributed by atoms with Crippen molar-refractivity contribution in [2.24, 2.45) is 5.92 Å². The lowest BCUT2D eigenvalue weighted by Gasteiger charge is -2.20. The third-order valence-electron chi connectivity index (χ3n) is 2.85. The van der Waals surface area contributed by atoms with Gasteiger partial charge in [-0.25, -0.2) is 4.98 Å². The zero-order valence-corrected chi connectivity index (χ0v) is 8.29. The van der Waals surface area contributed by atoms with Gasteiger partial charge in [0.1, 0.15) is 12.1 Å². The molecule has 2 N–H and O–H groups in total. The van der Waals surface area contributed by atoms with Crippen molar-refractivity contribution in [3.63, 3.8) is 0 Å². The molecule has 0 aliphatic heterocycles. The number of anilines is 1. The van der Waals surface area contributed by atoms with Crippen molar-refractivity contribution < 1.29 is 4.79 Å². The van der Waals surface area contributed by atoms with E-state index in [1.165, 1.54) is 5.56 Å². The largest absolute Gasteiger partial charge is 0.383 e. The van der Waals surface area contributed by atoms with Gasteiger partial charge < -0.3 is 10.5 Å². The molecule has 0 fully saturated rings. The van der Waals surface area contributed by atoms with E-state index in [0.29, 0.717) is 5.82 Å². The number of nitrogen functional groups attached to an aromatic ring is 1. The Hall–Kier alpha value is -1.38. The minimum Gasteiger partial charge on any atom is -0.383 e. The Morgan fingerprint density at radius 3 is 3.14 bits per heavy atom. The zero-order valence-electron chi connectivity index (χ0n) is 8.29. The standard InChI is InChI=1S/C11H14N2O/c1-7-4-9-5-8(6-14)2-3-10(9)13-11(7)12/h4,6,8H,2-3,5H2,1H3,(H2,12,13). The number of rotatable bonds is 1. The Kier molecular flexibility index (Phi) is 2.23. The molecule has 3 heteroatoms. The average molecular weight is 190 g/mol. The van der Waals surface area contributed by atoms with Crippen molar-refractivity contribution in [1.29, 1.82) is 0 Å². The van der Waals surface area contributed by atoms with Gasteiger partial charge in [-0.3, -0.25) is 0 Å². The van der Waals surface area contributed by atoms with Crippen molar-refractivity contribution in [2.45, 2.75) is 26.2 Å². The molecule has 1 aromatic heterocycles. The molecule has 0 aromatic carbocycles. The summed E-state index contributed by atoms with van der Waals surface area (Å²) in [7, 11) is 0. The van der Waals surface area contributed by atoms with Crippen LogP contribution >= 0.6 is 0 Å². The molecule has 1 unspecified atom stereocenters. The molecule has 0 amide bonds. The fourth-order valence-electron chi connectivity index (χ4n) is 1.94. The summed E-state index contributed by atoms with van der Waals surface area (Å²) < 4.78 is 0. The van der Waals surface area contributed by atoms with Gasteiger partial charge in [0, 0.05) is 11.6 Å². The van der Waals surface area contributed by atoms with Crippen molar-refractivity contribution in [2.75, 3.05) is 5.73 Å². The van der Waals surface area contributed by atoms with Crippen LogP contribution in [-0.2, 0) is 17.6 Å². The molecule has 74 valence electrons. The minimum atomic E-state index is 0.173. The van der Waals surface area contributed by atoms with E-state index in [9.17, 15) is 4.79 Å². The molecular weight excluding hydrogens is 176 g/mol. The van der Waals surface area contributed by atoms with Crippen LogP contribution in [0.4, 0.5) is 5.82 Å². The summed E-state index contributed by atoms with van der Waals surface area (Å²) in [4.78, 5) is 15.0. The molecule has 1 aliphatic carbocycles. The molecule has 3 nitrogen and oxygen atoms in total. The number of pyridine rings is 1. The molecule has 14 heavy (non-hydrogen) atoms. The Morgan fingerprint density at radius 2 is 2.43 bits per heavy atom. The van der Waals surface area contributed by atoms with Gasteiger partial charge in [-0.15, -0.1) is 0 Å². The fraction of sp³-hybridized carbons (Fsp3) is 0.455. The van der Waals surface area contributed by atoms with Crippen LogP contribution < -0.4 is 5.73 Å². The van der Waals surface area contributed by atoms with Gasteiger partial charge in [-0.1, -0.05) is 6.07 Å². The number of aldehydes is 1. The number of fused-ring (bicyclic) bond motifs is 1. The number of nitrogens with zero attached hydrogens (tertiary/aromatic N) is 1. The van der Waals surface area contributed by atoms with Crippen LogP contribution in [0.1, 0.15) is 23.2 Å². The Bertz CT molecular complexity index is 374. The number of aromatic nitrogens is 1. The number of carbonyl (C=O) groups excluding carboxylic acids is 1. The molecule has 0 saturated heterocycles. The normalized spacial score (nSPS) is 20.2. The van der Waals surface area contributed by atoms with E-state index in [0.717, 1.165) is 36.8 Å². The lowest BCUT2D eigenvalue weighted by atomic mass is 9.87. The Morgan fingerprint density at radius 1 is 1.64 bits per heavy atom. The van der Waals surface area contributed by atoms with Gasteiger partial charge in [-0.2, -0.15) is 0 Å². The summed E-state index contributed by atoms with van der Waals surface area (Å²) >= 11 is 0. The van der Waals surface area contributed by atoms with Crippen LogP contribution in [0.2, 0.25) is 0 Å². The average Bonchev–Trinajstić information content (AvgIpc) is 2.19. The van der Waals surface area contributed by atoms with E-state index in [4.69, 9.17) is 5.73 Å². The third-order valence-corrected chi connectivity index (χ3v) is 2.85. The molecule has 2 rings (SSSR count). The van der Waals surface area contributed by atoms with Crippen molar-refractivity contribution in [1.82, 2.24) is 4.98 Å². The summed E-state index contributed by atoms with van der Waals surface area (Å²) in [5, 5.41) is 0. The summed E-state index contributed by atoms with van der Waals surface area (Å²) in [6.07, 6.45) is 3.66. The second-order valence-corrected chi connectivity index (χ2v) is 3.94. The highest BCUT2D eigenvalue weighted by Crippen LogP contribution is 2.25. The van der Waals surface area contributed by atoms with Gasteiger partial charge in [0.15, 0.2) is 0 Å². The first kappa shape index (κ1) is 9.19. The Balaban J connectivity index is 2.38. The van der Waals surface area contributed by atoms with Gasteiger partial charge in [0.25, 0.3) is 0 Å². The maximum Gasteiger partial charge on any atom is 0.126 e. The van der Waals surface area contributed by atoms with Crippen LogP contribution in [0.5, 0.6) is 0 Å². The third kappa shape index (κ3) is 1.50. The first-order valence-corrected chi connectivity index (χ1v) is 4.91. The van der Waals surface area contributed by atoms with Gasteiger partial charge in [0.05, 0.1) is 0 Å². The highest BCUT2D eigenvalue weighted by atomic mass is 16.1. The van der Waals surface area contributed by atoms with Crippen molar-refractivity contribution in [3.05, 3.63) is 22.9 Å². The SMILES string of the molecule is Cc1cc2c(nc1N)CCC(C=O)C2. The number of hydrogen-bond donors (Lipinski definition) is 1. The van der Waals surface area contributed by atoms with Crippen LogP contribution in [0.25, 0.3) is 0 Å². The van der Waals surface area contributed by atoms with Crippen molar-refractivity contribution in [3.8, 4) is 0 Å². The van der Waals surface area contributed by atoms with E-state index in [1.807, 2.05) is 6.92 Å². The number of hydrogen-bond acceptors (Lipinski definition) is 3. The molecule has 1 aromatic rings. The van der Waals surface area contributed by atoms with Gasteiger partial charge in [0.2, 0.25) is 0 Å². The number of nitrogens with two attached hydrogens (primary N) is 1. The predicted octanol–water partition coefficient (Wildman–Crippen LogP) is 1.28. The molecule has 1 atom stereocenters. The second-order valence-electron chi connectivity index (χ2n) is 3.94. The monoisotopic (exact) mass is 190 g/mol. The second kappa shape index (κ2) is 3.40. The predicted molar refractivity (Wildman–Crippen MR) is 55.0 cm³/mol. The highest BCUT2D eigenvalue weighted by molar-refractivity contribution is 5.56. The van der Waals surface area contributed by atoms with Crippen LogP contribution in [0.3, 0.4) is 0 Å². The lowest BCUT2D eigenvalue weighted by molar-refractivity contribution is -0.111. The van der Waals surface area contributed by atoms with Crippen LogP contribution in [-0.4, -0.2) is 11.3 Å². The first-order valence-electron chi connectivity index (χ1n) is 4.91. The molecule has 0 spiro atoms. The number of aryl methyl sites for hydroxylation is 2. The van der Waals surface area contributed by atoms with Gasteiger partial charge in [-0.05, 0) is 37.3 Å². The summed E-state index contributed by atoms with van der Waals surface area (Å²) in [5.74, 6) is 0.792.